The highest BCUT2D eigenvalue weighted by Crippen LogP contribution is 2.47. The molecule has 3 rings (SSSR count). The van der Waals surface area contributed by atoms with E-state index in [4.69, 9.17) is 5.73 Å². The molecule has 0 amide bonds. The molecule has 3 N–H and O–H groups in total. The first-order valence-electron chi connectivity index (χ1n) is 7.88. The predicted molar refractivity (Wildman–Crippen MR) is 87.7 cm³/mol. The van der Waals surface area contributed by atoms with Gasteiger partial charge in [-0.15, -0.1) is 0 Å². The van der Waals surface area contributed by atoms with Crippen LogP contribution in [-0.4, -0.2) is 26.3 Å². The van der Waals surface area contributed by atoms with E-state index in [1.54, 1.807) is 0 Å². The van der Waals surface area contributed by atoms with Gasteiger partial charge in [-0.1, -0.05) is 6.92 Å². The van der Waals surface area contributed by atoms with Crippen molar-refractivity contribution in [2.75, 3.05) is 17.6 Å². The van der Waals surface area contributed by atoms with E-state index in [0.717, 1.165) is 36.6 Å². The third kappa shape index (κ3) is 3.05. The molecule has 118 valence electrons. The van der Waals surface area contributed by atoms with Crippen LogP contribution in [0.3, 0.4) is 0 Å². The second-order valence-corrected chi connectivity index (χ2v) is 6.39. The van der Waals surface area contributed by atoms with Crippen molar-refractivity contribution in [2.24, 2.45) is 5.41 Å². The van der Waals surface area contributed by atoms with Gasteiger partial charge in [0.25, 0.3) is 0 Å². The van der Waals surface area contributed by atoms with E-state index < -0.39 is 0 Å². The van der Waals surface area contributed by atoms with Gasteiger partial charge >= 0.3 is 0 Å². The number of nitrogen functional groups attached to an aromatic ring is 1. The fourth-order valence-electron chi connectivity index (χ4n) is 2.82. The zero-order valence-corrected chi connectivity index (χ0v) is 13.6. The quantitative estimate of drug-likeness (QED) is 0.855. The Kier molecular flexibility index (Phi) is 3.76. The van der Waals surface area contributed by atoms with Gasteiger partial charge in [-0.05, 0) is 39.2 Å². The maximum absolute atomic E-state index is 5.71. The first-order chi connectivity index (χ1) is 10.5. The fourth-order valence-corrected chi connectivity index (χ4v) is 2.82. The molecule has 1 saturated carbocycles. The van der Waals surface area contributed by atoms with Crippen molar-refractivity contribution >= 4 is 11.8 Å². The standard InChI is InChI=1S/C16H24N6/c1-4-13-8-18-15(17)20-14(13)19-9-16(5-6-16)10-22-12(3)7-11(2)21-22/h7-8H,4-6,9-10H2,1-3H3,(H3,17,18,19,20). The van der Waals surface area contributed by atoms with E-state index in [2.05, 4.69) is 45.0 Å². The summed E-state index contributed by atoms with van der Waals surface area (Å²) in [5.41, 5.74) is 9.41. The van der Waals surface area contributed by atoms with Crippen LogP contribution < -0.4 is 11.1 Å². The van der Waals surface area contributed by atoms with Crippen LogP contribution in [-0.2, 0) is 13.0 Å². The monoisotopic (exact) mass is 300 g/mol. The lowest BCUT2D eigenvalue weighted by Gasteiger charge is -2.18. The number of anilines is 2. The molecule has 0 aromatic carbocycles. The zero-order valence-electron chi connectivity index (χ0n) is 13.6. The van der Waals surface area contributed by atoms with E-state index >= 15 is 0 Å². The fraction of sp³-hybridized carbons (Fsp3) is 0.562. The number of nitrogens with two attached hydrogens (primary N) is 1. The van der Waals surface area contributed by atoms with E-state index in [9.17, 15) is 0 Å². The molecule has 1 aliphatic carbocycles. The summed E-state index contributed by atoms with van der Waals surface area (Å²) in [6.07, 6.45) is 5.15. The lowest BCUT2D eigenvalue weighted by Crippen LogP contribution is -2.23. The maximum atomic E-state index is 5.71. The Morgan fingerprint density at radius 1 is 1.36 bits per heavy atom. The Balaban J connectivity index is 1.68. The van der Waals surface area contributed by atoms with Crippen molar-refractivity contribution in [2.45, 2.75) is 46.6 Å². The molecule has 0 saturated heterocycles. The van der Waals surface area contributed by atoms with Gasteiger partial charge in [0.1, 0.15) is 5.82 Å². The molecule has 0 atom stereocenters. The summed E-state index contributed by atoms with van der Waals surface area (Å²) in [5, 5.41) is 8.06. The molecule has 2 aromatic heterocycles. The lowest BCUT2D eigenvalue weighted by molar-refractivity contribution is 0.409. The maximum Gasteiger partial charge on any atom is 0.221 e. The number of nitrogens with zero attached hydrogens (tertiary/aromatic N) is 4. The highest BCUT2D eigenvalue weighted by atomic mass is 15.3. The highest BCUT2D eigenvalue weighted by molar-refractivity contribution is 5.46. The number of rotatable bonds is 6. The van der Waals surface area contributed by atoms with Crippen LogP contribution in [0.2, 0.25) is 0 Å². The number of hydrogen-bond donors (Lipinski definition) is 2. The van der Waals surface area contributed by atoms with Crippen LogP contribution in [0.4, 0.5) is 11.8 Å². The molecular formula is C16H24N6. The van der Waals surface area contributed by atoms with E-state index in [1.165, 1.54) is 18.5 Å². The number of aromatic nitrogens is 4. The first-order valence-corrected chi connectivity index (χ1v) is 7.88. The summed E-state index contributed by atoms with van der Waals surface area (Å²) in [6.45, 7) is 8.11. The summed E-state index contributed by atoms with van der Waals surface area (Å²) in [7, 11) is 0. The number of aryl methyl sites for hydroxylation is 3. The Morgan fingerprint density at radius 2 is 2.14 bits per heavy atom. The van der Waals surface area contributed by atoms with Crippen LogP contribution in [0.25, 0.3) is 0 Å². The van der Waals surface area contributed by atoms with Crippen molar-refractivity contribution in [1.29, 1.82) is 0 Å². The molecule has 0 unspecified atom stereocenters. The number of nitrogens with one attached hydrogen (secondary N) is 1. The lowest BCUT2D eigenvalue weighted by atomic mass is 10.1. The Labute approximate surface area is 131 Å². The van der Waals surface area contributed by atoms with Gasteiger partial charge in [-0.3, -0.25) is 4.68 Å². The highest BCUT2D eigenvalue weighted by Gasteiger charge is 2.43. The first kappa shape index (κ1) is 14.8. The average molecular weight is 300 g/mol. The van der Waals surface area contributed by atoms with Crippen LogP contribution >= 0.6 is 0 Å². The van der Waals surface area contributed by atoms with Crippen molar-refractivity contribution in [1.82, 2.24) is 19.7 Å². The van der Waals surface area contributed by atoms with Gasteiger partial charge < -0.3 is 11.1 Å². The average Bonchev–Trinajstić information content (AvgIpc) is 3.17. The summed E-state index contributed by atoms with van der Waals surface area (Å²) >= 11 is 0. The summed E-state index contributed by atoms with van der Waals surface area (Å²) in [5.74, 6) is 1.19. The normalized spacial score (nSPS) is 15.8. The molecule has 1 fully saturated rings. The largest absolute Gasteiger partial charge is 0.369 e. The smallest absolute Gasteiger partial charge is 0.221 e. The van der Waals surface area contributed by atoms with Crippen molar-refractivity contribution in [3.8, 4) is 0 Å². The van der Waals surface area contributed by atoms with Crippen LogP contribution in [0.5, 0.6) is 0 Å². The summed E-state index contributed by atoms with van der Waals surface area (Å²) < 4.78 is 2.12. The molecule has 0 bridgehead atoms. The van der Waals surface area contributed by atoms with Crippen LogP contribution in [0, 0.1) is 19.3 Å². The van der Waals surface area contributed by atoms with Crippen molar-refractivity contribution < 1.29 is 0 Å². The molecule has 22 heavy (non-hydrogen) atoms. The van der Waals surface area contributed by atoms with Gasteiger partial charge in [0, 0.05) is 36.0 Å². The molecule has 2 aromatic rings. The van der Waals surface area contributed by atoms with E-state index in [0.29, 0.717) is 5.95 Å². The van der Waals surface area contributed by atoms with Gasteiger partial charge in [0.05, 0.1) is 5.69 Å². The Hall–Kier alpha value is -2.11. The molecular weight excluding hydrogens is 276 g/mol. The summed E-state index contributed by atoms with van der Waals surface area (Å²) in [4.78, 5) is 8.40. The van der Waals surface area contributed by atoms with Crippen molar-refractivity contribution in [3.05, 3.63) is 29.2 Å². The van der Waals surface area contributed by atoms with Gasteiger partial charge in [0.2, 0.25) is 5.95 Å². The molecule has 0 aliphatic heterocycles. The van der Waals surface area contributed by atoms with Crippen LogP contribution in [0.15, 0.2) is 12.3 Å². The molecule has 6 nitrogen and oxygen atoms in total. The molecule has 2 heterocycles. The topological polar surface area (TPSA) is 81.6 Å². The third-order valence-electron chi connectivity index (χ3n) is 4.44. The predicted octanol–water partition coefficient (Wildman–Crippen LogP) is 2.33. The molecule has 0 spiro atoms. The van der Waals surface area contributed by atoms with Gasteiger partial charge in [0.15, 0.2) is 0 Å². The minimum atomic E-state index is 0.286. The second-order valence-electron chi connectivity index (χ2n) is 6.39. The van der Waals surface area contributed by atoms with Gasteiger partial charge in [-0.25, -0.2) is 4.98 Å². The Bertz CT molecular complexity index is 671. The van der Waals surface area contributed by atoms with Gasteiger partial charge in [-0.2, -0.15) is 10.1 Å². The second kappa shape index (κ2) is 5.59. The third-order valence-corrected chi connectivity index (χ3v) is 4.44. The van der Waals surface area contributed by atoms with E-state index in [1.807, 2.05) is 13.1 Å². The number of hydrogen-bond acceptors (Lipinski definition) is 5. The SMILES string of the molecule is CCc1cnc(N)nc1NCC1(Cn2nc(C)cc2C)CC1. The minimum Gasteiger partial charge on any atom is -0.369 e. The Morgan fingerprint density at radius 3 is 2.73 bits per heavy atom. The van der Waals surface area contributed by atoms with E-state index in [-0.39, 0.29) is 5.41 Å². The zero-order chi connectivity index (χ0) is 15.7. The summed E-state index contributed by atoms with van der Waals surface area (Å²) in [6, 6.07) is 2.13. The van der Waals surface area contributed by atoms with Crippen LogP contribution in [0.1, 0.15) is 36.7 Å². The molecule has 6 heteroatoms. The molecule has 1 aliphatic rings. The molecule has 0 radical (unpaired) electrons. The minimum absolute atomic E-state index is 0.286. The van der Waals surface area contributed by atoms with Crippen molar-refractivity contribution in [3.63, 3.8) is 0 Å².